The predicted molar refractivity (Wildman–Crippen MR) is 93.5 cm³/mol. The Morgan fingerprint density at radius 2 is 2.10 bits per heavy atom. The van der Waals surface area contributed by atoms with Crippen molar-refractivity contribution in [1.82, 2.24) is 10.6 Å². The van der Waals surface area contributed by atoms with Gasteiger partial charge in [0.25, 0.3) is 5.91 Å². The number of aliphatic imine (C=N–C) groups is 1. The number of hydrogen-bond acceptors (Lipinski definition) is 2. The van der Waals surface area contributed by atoms with E-state index in [1.807, 2.05) is 39.0 Å². The molecule has 0 atom stereocenters. The van der Waals surface area contributed by atoms with E-state index in [2.05, 4.69) is 15.6 Å². The number of amides is 1. The van der Waals surface area contributed by atoms with Crippen LogP contribution in [0.2, 0.25) is 0 Å². The first-order chi connectivity index (χ1) is 9.02. The van der Waals surface area contributed by atoms with Gasteiger partial charge in [0, 0.05) is 18.2 Å². The van der Waals surface area contributed by atoms with E-state index in [-0.39, 0.29) is 35.9 Å². The van der Waals surface area contributed by atoms with E-state index in [0.29, 0.717) is 24.6 Å². The van der Waals surface area contributed by atoms with Gasteiger partial charge in [0.15, 0.2) is 5.96 Å². The van der Waals surface area contributed by atoms with Gasteiger partial charge in [-0.1, -0.05) is 12.1 Å². The summed E-state index contributed by atoms with van der Waals surface area (Å²) in [5, 5.41) is 5.79. The lowest BCUT2D eigenvalue weighted by molar-refractivity contribution is 0.0955. The fourth-order valence-corrected chi connectivity index (χ4v) is 1.59. The van der Waals surface area contributed by atoms with Gasteiger partial charge in [-0.15, -0.1) is 24.0 Å². The Bertz CT molecular complexity index is 460. The lowest BCUT2D eigenvalue weighted by atomic mass is 10.1. The van der Waals surface area contributed by atoms with Crippen molar-refractivity contribution < 1.29 is 4.79 Å². The molecule has 4 N–H and O–H groups in total. The minimum atomic E-state index is -0.0680. The molecule has 0 spiro atoms. The topological polar surface area (TPSA) is 79.5 Å². The minimum Gasteiger partial charge on any atom is -0.370 e. The zero-order valence-corrected chi connectivity index (χ0v) is 14.5. The average Bonchev–Trinajstić information content (AvgIpc) is 2.36. The first-order valence-corrected chi connectivity index (χ1v) is 6.46. The van der Waals surface area contributed by atoms with Crippen LogP contribution in [0.5, 0.6) is 0 Å². The molecule has 6 heteroatoms. The molecule has 112 valence electrons. The molecule has 1 aromatic carbocycles. The predicted octanol–water partition coefficient (Wildman–Crippen LogP) is 1.87. The molecule has 0 unspecified atom stereocenters. The number of halogens is 1. The van der Waals surface area contributed by atoms with Crippen LogP contribution in [0.1, 0.15) is 36.7 Å². The number of benzene rings is 1. The van der Waals surface area contributed by atoms with Crippen molar-refractivity contribution in [3.63, 3.8) is 0 Å². The van der Waals surface area contributed by atoms with E-state index < -0.39 is 0 Å². The largest absolute Gasteiger partial charge is 0.370 e. The molecule has 0 aliphatic rings. The summed E-state index contributed by atoms with van der Waals surface area (Å²) in [4.78, 5) is 15.9. The molecular weight excluding hydrogens is 367 g/mol. The number of hydrogen-bond donors (Lipinski definition) is 3. The average molecular weight is 390 g/mol. The number of carbonyl (C=O) groups excluding carboxylic acids is 1. The monoisotopic (exact) mass is 390 g/mol. The Kier molecular flexibility index (Phi) is 8.94. The molecule has 0 aliphatic heterocycles. The normalized spacial score (nSPS) is 10.9. The highest BCUT2D eigenvalue weighted by molar-refractivity contribution is 14.0. The fourth-order valence-electron chi connectivity index (χ4n) is 1.59. The zero-order valence-electron chi connectivity index (χ0n) is 12.1. The summed E-state index contributed by atoms with van der Waals surface area (Å²) in [5.41, 5.74) is 7.33. The van der Waals surface area contributed by atoms with E-state index in [1.54, 1.807) is 6.07 Å². The Morgan fingerprint density at radius 3 is 2.70 bits per heavy atom. The van der Waals surface area contributed by atoms with Crippen molar-refractivity contribution in [3.8, 4) is 0 Å². The van der Waals surface area contributed by atoms with Gasteiger partial charge in [-0.3, -0.25) is 4.79 Å². The molecular formula is C14H23IN4O. The van der Waals surface area contributed by atoms with Crippen molar-refractivity contribution >= 4 is 35.8 Å². The van der Waals surface area contributed by atoms with Gasteiger partial charge < -0.3 is 16.4 Å². The minimum absolute atomic E-state index is 0. The third-order valence-corrected chi connectivity index (χ3v) is 2.40. The molecule has 0 radical (unpaired) electrons. The quantitative estimate of drug-likeness (QED) is 0.408. The molecule has 1 amide bonds. The third-order valence-electron chi connectivity index (χ3n) is 2.40. The lowest BCUT2D eigenvalue weighted by Crippen LogP contribution is -2.36. The van der Waals surface area contributed by atoms with Gasteiger partial charge in [0.2, 0.25) is 0 Å². The first-order valence-electron chi connectivity index (χ1n) is 6.46. The van der Waals surface area contributed by atoms with E-state index in [0.717, 1.165) is 5.56 Å². The second-order valence-corrected chi connectivity index (χ2v) is 4.56. The zero-order chi connectivity index (χ0) is 14.3. The van der Waals surface area contributed by atoms with Crippen LogP contribution in [-0.4, -0.2) is 24.5 Å². The first kappa shape index (κ1) is 18.7. The maximum absolute atomic E-state index is 11.7. The van der Waals surface area contributed by atoms with Gasteiger partial charge in [0.05, 0.1) is 6.54 Å². The van der Waals surface area contributed by atoms with Crippen LogP contribution in [0.25, 0.3) is 0 Å². The number of carbonyl (C=O) groups is 1. The van der Waals surface area contributed by atoms with Gasteiger partial charge in [-0.2, -0.15) is 0 Å². The second-order valence-electron chi connectivity index (χ2n) is 4.56. The molecule has 1 aromatic rings. The van der Waals surface area contributed by atoms with Crippen molar-refractivity contribution in [3.05, 3.63) is 35.4 Å². The van der Waals surface area contributed by atoms with Crippen LogP contribution in [0.3, 0.4) is 0 Å². The molecule has 0 aromatic heterocycles. The van der Waals surface area contributed by atoms with Gasteiger partial charge in [0.1, 0.15) is 0 Å². The number of guanidine groups is 1. The molecule has 0 heterocycles. The Labute approximate surface area is 137 Å². The maximum atomic E-state index is 11.7. The standard InChI is InChI=1S/C14H22N4O.HI/c1-4-16-13(19)12-7-5-6-11(8-12)9-17-14(15)18-10(2)3;/h5-8,10H,4,9H2,1-3H3,(H,16,19)(H3,15,17,18);1H. The highest BCUT2D eigenvalue weighted by Crippen LogP contribution is 2.06. The SMILES string of the molecule is CCNC(=O)c1cccc(CN=C(N)NC(C)C)c1.I. The highest BCUT2D eigenvalue weighted by Gasteiger charge is 2.04. The van der Waals surface area contributed by atoms with Crippen LogP contribution in [0.4, 0.5) is 0 Å². The molecule has 20 heavy (non-hydrogen) atoms. The summed E-state index contributed by atoms with van der Waals surface area (Å²) in [6.45, 7) is 6.96. The summed E-state index contributed by atoms with van der Waals surface area (Å²) in [6.07, 6.45) is 0. The lowest BCUT2D eigenvalue weighted by Gasteiger charge is -2.08. The number of rotatable bonds is 5. The van der Waals surface area contributed by atoms with Crippen LogP contribution in [-0.2, 0) is 6.54 Å². The van der Waals surface area contributed by atoms with E-state index in [4.69, 9.17) is 5.73 Å². The van der Waals surface area contributed by atoms with Crippen LogP contribution in [0.15, 0.2) is 29.3 Å². The maximum Gasteiger partial charge on any atom is 0.251 e. The highest BCUT2D eigenvalue weighted by atomic mass is 127. The third kappa shape index (κ3) is 6.74. The van der Waals surface area contributed by atoms with E-state index in [9.17, 15) is 4.79 Å². The second kappa shape index (κ2) is 9.57. The smallest absolute Gasteiger partial charge is 0.251 e. The number of nitrogens with one attached hydrogen (secondary N) is 2. The Hall–Kier alpha value is -1.31. The van der Waals surface area contributed by atoms with Crippen molar-refractivity contribution in [2.45, 2.75) is 33.4 Å². The Balaban J connectivity index is 0.00000361. The van der Waals surface area contributed by atoms with E-state index in [1.165, 1.54) is 0 Å². The summed E-state index contributed by atoms with van der Waals surface area (Å²) < 4.78 is 0. The van der Waals surface area contributed by atoms with Crippen molar-refractivity contribution in [1.29, 1.82) is 0 Å². The van der Waals surface area contributed by atoms with Crippen LogP contribution in [0, 0.1) is 0 Å². The van der Waals surface area contributed by atoms with Gasteiger partial charge in [-0.05, 0) is 38.5 Å². The summed E-state index contributed by atoms with van der Waals surface area (Å²) in [5.74, 6) is 0.347. The fraction of sp³-hybridized carbons (Fsp3) is 0.429. The number of nitrogens with two attached hydrogens (primary N) is 1. The molecule has 0 saturated carbocycles. The van der Waals surface area contributed by atoms with Crippen LogP contribution < -0.4 is 16.4 Å². The molecule has 0 fully saturated rings. The molecule has 1 rings (SSSR count). The van der Waals surface area contributed by atoms with E-state index >= 15 is 0 Å². The number of nitrogens with zero attached hydrogens (tertiary/aromatic N) is 1. The van der Waals surface area contributed by atoms with Gasteiger partial charge >= 0.3 is 0 Å². The van der Waals surface area contributed by atoms with Crippen LogP contribution >= 0.6 is 24.0 Å². The van der Waals surface area contributed by atoms with Crippen molar-refractivity contribution in [2.24, 2.45) is 10.7 Å². The molecule has 5 nitrogen and oxygen atoms in total. The summed E-state index contributed by atoms with van der Waals surface area (Å²) >= 11 is 0. The Morgan fingerprint density at radius 1 is 1.40 bits per heavy atom. The summed E-state index contributed by atoms with van der Waals surface area (Å²) in [7, 11) is 0. The molecule has 0 saturated heterocycles. The molecule has 0 aliphatic carbocycles. The van der Waals surface area contributed by atoms with Gasteiger partial charge in [-0.25, -0.2) is 4.99 Å². The summed E-state index contributed by atoms with van der Waals surface area (Å²) in [6, 6.07) is 7.65. The van der Waals surface area contributed by atoms with Crippen molar-refractivity contribution in [2.75, 3.05) is 6.54 Å². The molecule has 0 bridgehead atoms.